The highest BCUT2D eigenvalue weighted by molar-refractivity contribution is 6.24. The van der Waals surface area contributed by atoms with Crippen LogP contribution >= 0.6 is 0 Å². The molecule has 1 heteroatoms. The van der Waals surface area contributed by atoms with Gasteiger partial charge in [0.25, 0.3) is 0 Å². The second-order valence-corrected chi connectivity index (χ2v) is 13.9. The van der Waals surface area contributed by atoms with Crippen molar-refractivity contribution in [3.63, 3.8) is 0 Å². The molecule has 10 aromatic carbocycles. The second-order valence-electron chi connectivity index (χ2n) is 13.9. The van der Waals surface area contributed by atoms with E-state index in [4.69, 9.17) is 5.79 Å². The Balaban J connectivity index is 1.15. The Kier molecular flexibility index (Phi) is 6.39. The van der Waals surface area contributed by atoms with Gasteiger partial charge in [0, 0.05) is 16.2 Å². The van der Waals surface area contributed by atoms with Gasteiger partial charge in [0.1, 0.15) is 11.2 Å². The van der Waals surface area contributed by atoms with Crippen molar-refractivity contribution >= 4 is 65.0 Å². The minimum absolute atomic E-state index is 0.518. The van der Waals surface area contributed by atoms with Crippen LogP contribution in [0.3, 0.4) is 0 Å². The molecule has 1 nitrogen and oxygen atoms in total. The van der Waals surface area contributed by atoms with Crippen LogP contribution in [0.5, 0.6) is 0 Å². The van der Waals surface area contributed by atoms with E-state index < -0.39 is 0 Å². The van der Waals surface area contributed by atoms with Crippen molar-refractivity contribution in [1.82, 2.24) is 0 Å². The molecule has 0 aliphatic rings. The van der Waals surface area contributed by atoms with Gasteiger partial charge in [0.15, 0.2) is 0 Å². The quantitative estimate of drug-likeness (QED) is 0.170. The molecule has 0 fully saturated rings. The average Bonchev–Trinajstić information content (AvgIpc) is 3.63. The van der Waals surface area contributed by atoms with Crippen molar-refractivity contribution in [2.45, 2.75) is 0 Å². The Labute approximate surface area is 308 Å². The second kappa shape index (κ2) is 11.8. The van der Waals surface area contributed by atoms with Crippen molar-refractivity contribution in [1.29, 1.82) is 0 Å². The molecule has 0 amide bonds. The summed E-state index contributed by atoms with van der Waals surface area (Å²) in [6.45, 7) is 0. The van der Waals surface area contributed by atoms with E-state index in [1.165, 1.54) is 65.5 Å². The summed E-state index contributed by atoms with van der Waals surface area (Å²) in [5.41, 5.74) is 11.3. The fourth-order valence-corrected chi connectivity index (χ4v) is 8.70. The number of benzene rings is 10. The molecule has 11 rings (SSSR count). The van der Waals surface area contributed by atoms with Crippen LogP contribution in [0.25, 0.3) is 110 Å². The number of hydrogen-bond donors (Lipinski definition) is 0. The van der Waals surface area contributed by atoms with Crippen molar-refractivity contribution < 1.29 is 5.79 Å². The molecule has 0 aliphatic carbocycles. The summed E-state index contributed by atoms with van der Waals surface area (Å²) < 4.78 is 14.6. The first kappa shape index (κ1) is 28.7. The molecule has 246 valence electrons. The maximum atomic E-state index is 8.03. The van der Waals surface area contributed by atoms with E-state index >= 15 is 0 Å². The summed E-state index contributed by atoms with van der Waals surface area (Å²) in [5.74, 6) is 0. The molecule has 0 saturated carbocycles. The molecule has 0 N–H and O–H groups in total. The molecule has 1 aromatic heterocycles. The van der Waals surface area contributed by atoms with Gasteiger partial charge in [0.05, 0.1) is 1.37 Å². The van der Waals surface area contributed by atoms with E-state index in [0.29, 0.717) is 6.04 Å². The molecule has 0 saturated heterocycles. The molecular formula is C52H32O. The molecular weight excluding hydrogens is 641 g/mol. The van der Waals surface area contributed by atoms with Gasteiger partial charge in [-0.05, 0) is 100 Å². The molecule has 1 heterocycles. The topological polar surface area (TPSA) is 13.1 Å². The number of rotatable bonds is 4. The third-order valence-corrected chi connectivity index (χ3v) is 11.0. The first-order valence-electron chi connectivity index (χ1n) is 18.7. The third-order valence-electron chi connectivity index (χ3n) is 11.0. The zero-order valence-electron chi connectivity index (χ0n) is 29.8. The van der Waals surface area contributed by atoms with Crippen molar-refractivity contribution in [2.24, 2.45) is 0 Å². The van der Waals surface area contributed by atoms with Crippen LogP contribution in [0.4, 0.5) is 0 Å². The van der Waals surface area contributed by atoms with E-state index in [9.17, 15) is 0 Å². The van der Waals surface area contributed by atoms with Crippen LogP contribution in [0.2, 0.25) is 0 Å². The van der Waals surface area contributed by atoms with Crippen molar-refractivity contribution in [3.05, 3.63) is 194 Å². The summed E-state index contributed by atoms with van der Waals surface area (Å²) in [7, 11) is 0. The van der Waals surface area contributed by atoms with E-state index in [2.05, 4.69) is 176 Å². The number of fused-ring (bicyclic) bond motifs is 8. The zero-order valence-corrected chi connectivity index (χ0v) is 28.8. The maximum Gasteiger partial charge on any atom is 0.143 e. The monoisotopic (exact) mass is 673 g/mol. The molecule has 0 atom stereocenters. The standard InChI is InChI=1S/C52H32O/c1-2-14-33(15-3-1)37-30-31-46(41-21-7-6-20-40(37)41)50-44-24-10-8-22-42(44)49(43-23-9-11-25-45(43)50)36-18-12-17-35(32-36)38-26-13-27-48-51(38)47-29-28-34-16-4-5-19-39(34)52(47)53-48/h1-32H/i1D. The fraction of sp³-hybridized carbons (Fsp3) is 0. The van der Waals surface area contributed by atoms with Crippen LogP contribution in [0.15, 0.2) is 199 Å². The van der Waals surface area contributed by atoms with Crippen molar-refractivity contribution in [2.75, 3.05) is 0 Å². The zero-order chi connectivity index (χ0) is 35.8. The SMILES string of the molecule is [2H]c1ccc(-c2ccc(-c3c4ccccc4c(-c4cccc(-c5cccc6oc7c8ccccc8ccc7c56)c4)c4ccccc34)c3ccccc23)cc1. The first-order valence-corrected chi connectivity index (χ1v) is 18.2. The molecule has 11 aromatic rings. The number of hydrogen-bond acceptors (Lipinski definition) is 1. The predicted octanol–water partition coefficient (Wildman–Crippen LogP) is 14.9. The van der Waals surface area contributed by atoms with E-state index in [-0.39, 0.29) is 0 Å². The lowest BCUT2D eigenvalue weighted by atomic mass is 9.83. The van der Waals surface area contributed by atoms with Gasteiger partial charge in [-0.3, -0.25) is 0 Å². The summed E-state index contributed by atoms with van der Waals surface area (Å²) in [4.78, 5) is 0. The first-order chi connectivity index (χ1) is 26.7. The van der Waals surface area contributed by atoms with E-state index in [1.807, 2.05) is 12.1 Å². The van der Waals surface area contributed by atoms with Gasteiger partial charge in [0.2, 0.25) is 0 Å². The molecule has 0 spiro atoms. The van der Waals surface area contributed by atoms with Gasteiger partial charge in [-0.2, -0.15) is 0 Å². The van der Waals surface area contributed by atoms with Crippen LogP contribution < -0.4 is 0 Å². The minimum Gasteiger partial charge on any atom is -0.455 e. The largest absolute Gasteiger partial charge is 0.455 e. The summed E-state index contributed by atoms with van der Waals surface area (Å²) >= 11 is 0. The van der Waals surface area contributed by atoms with Gasteiger partial charge in [-0.15, -0.1) is 0 Å². The Morgan fingerprint density at radius 3 is 1.64 bits per heavy atom. The van der Waals surface area contributed by atoms with E-state index in [0.717, 1.165) is 44.0 Å². The van der Waals surface area contributed by atoms with Crippen LogP contribution in [-0.2, 0) is 0 Å². The Hall–Kier alpha value is -6.96. The fourth-order valence-electron chi connectivity index (χ4n) is 8.70. The highest BCUT2D eigenvalue weighted by Crippen LogP contribution is 2.47. The van der Waals surface area contributed by atoms with Crippen LogP contribution in [0, 0.1) is 0 Å². The maximum absolute atomic E-state index is 8.03. The summed E-state index contributed by atoms with van der Waals surface area (Å²) in [6.07, 6.45) is 0. The van der Waals surface area contributed by atoms with Gasteiger partial charge < -0.3 is 4.42 Å². The molecule has 0 unspecified atom stereocenters. The molecule has 0 bridgehead atoms. The molecule has 53 heavy (non-hydrogen) atoms. The Morgan fingerprint density at radius 1 is 0.340 bits per heavy atom. The van der Waals surface area contributed by atoms with E-state index in [1.54, 1.807) is 0 Å². The highest BCUT2D eigenvalue weighted by Gasteiger charge is 2.20. The van der Waals surface area contributed by atoms with Gasteiger partial charge in [-0.1, -0.05) is 176 Å². The smallest absolute Gasteiger partial charge is 0.143 e. The predicted molar refractivity (Wildman–Crippen MR) is 225 cm³/mol. The highest BCUT2D eigenvalue weighted by atomic mass is 16.3. The van der Waals surface area contributed by atoms with Crippen LogP contribution in [0.1, 0.15) is 1.37 Å². The minimum atomic E-state index is 0.518. The van der Waals surface area contributed by atoms with Crippen LogP contribution in [-0.4, -0.2) is 0 Å². The molecule has 0 radical (unpaired) electrons. The number of furan rings is 1. The Bertz CT molecular complexity index is 3220. The summed E-state index contributed by atoms with van der Waals surface area (Å²) in [5, 5.41) is 11.9. The average molecular weight is 674 g/mol. The molecule has 0 aliphatic heterocycles. The lowest BCUT2D eigenvalue weighted by molar-refractivity contribution is 0.673. The third kappa shape index (κ3) is 4.58. The normalized spacial score (nSPS) is 12.0. The van der Waals surface area contributed by atoms with Gasteiger partial charge >= 0.3 is 0 Å². The lowest BCUT2D eigenvalue weighted by Gasteiger charge is -2.20. The summed E-state index contributed by atoms with van der Waals surface area (Å²) in [6, 6.07) is 67.7. The van der Waals surface area contributed by atoms with Crippen molar-refractivity contribution in [3.8, 4) is 44.5 Å². The lowest BCUT2D eigenvalue weighted by Crippen LogP contribution is -1.92. The van der Waals surface area contributed by atoms with Gasteiger partial charge in [-0.25, -0.2) is 0 Å². The Morgan fingerprint density at radius 2 is 0.906 bits per heavy atom.